The monoisotopic (exact) mass is 413 g/mol. The second kappa shape index (κ2) is 9.41. The Hall–Kier alpha value is -4.08. The first-order valence-corrected chi connectivity index (χ1v) is 8.98. The molecule has 3 rings (SSSR count). The van der Waals surface area contributed by atoms with Gasteiger partial charge in [-0.05, 0) is 42.8 Å². The molecule has 0 saturated heterocycles. The molecule has 2 aromatic rings. The molecule has 0 aliphatic carbocycles. The molecule has 1 aliphatic heterocycles. The molecule has 10 heteroatoms. The molecule has 0 atom stereocenters. The summed E-state index contributed by atoms with van der Waals surface area (Å²) in [5.74, 6) is -1.37. The molecular weight excluding hydrogens is 394 g/mol. The third-order valence-electron chi connectivity index (χ3n) is 4.02. The first-order valence-electron chi connectivity index (χ1n) is 8.98. The van der Waals surface area contributed by atoms with Crippen LogP contribution in [0.2, 0.25) is 0 Å². The van der Waals surface area contributed by atoms with Gasteiger partial charge in [-0.2, -0.15) is 5.10 Å². The molecule has 0 spiro atoms. The van der Waals surface area contributed by atoms with Gasteiger partial charge in [-0.25, -0.2) is 10.2 Å². The van der Waals surface area contributed by atoms with E-state index in [4.69, 9.17) is 19.3 Å². The van der Waals surface area contributed by atoms with Gasteiger partial charge in [0.25, 0.3) is 0 Å². The molecule has 2 amide bonds. The van der Waals surface area contributed by atoms with Crippen molar-refractivity contribution in [3.05, 3.63) is 53.1 Å². The first-order chi connectivity index (χ1) is 14.5. The number of fused-ring (bicyclic) bond motifs is 1. The van der Waals surface area contributed by atoms with E-state index in [1.165, 1.54) is 24.4 Å². The van der Waals surface area contributed by atoms with Crippen molar-refractivity contribution in [3.63, 3.8) is 0 Å². The van der Waals surface area contributed by atoms with Gasteiger partial charge in [-0.15, -0.1) is 0 Å². The van der Waals surface area contributed by atoms with Crippen molar-refractivity contribution in [2.45, 2.75) is 13.5 Å². The van der Waals surface area contributed by atoms with E-state index >= 15 is 0 Å². The maximum atomic E-state index is 11.9. The second-order valence-corrected chi connectivity index (χ2v) is 6.06. The van der Waals surface area contributed by atoms with Crippen LogP contribution in [0.25, 0.3) is 0 Å². The van der Waals surface area contributed by atoms with Gasteiger partial charge < -0.3 is 24.6 Å². The Balaban J connectivity index is 1.56. The number of carbonyl (C=O) groups excluding carboxylic acids is 2. The summed E-state index contributed by atoms with van der Waals surface area (Å²) in [4.78, 5) is 35.0. The fourth-order valence-corrected chi connectivity index (χ4v) is 2.59. The van der Waals surface area contributed by atoms with Gasteiger partial charge in [-0.3, -0.25) is 9.59 Å². The second-order valence-electron chi connectivity index (χ2n) is 6.06. The SMILES string of the molecule is CCOc1ccc(C(=O)O)cc1/C=N\NC(=O)C(=O)NCc1ccc2c(c1)OCO2. The molecule has 0 bridgehead atoms. The van der Waals surface area contributed by atoms with Crippen molar-refractivity contribution < 1.29 is 33.7 Å². The highest BCUT2D eigenvalue weighted by Gasteiger charge is 2.16. The summed E-state index contributed by atoms with van der Waals surface area (Å²) in [5, 5.41) is 15.3. The zero-order valence-corrected chi connectivity index (χ0v) is 16.0. The maximum absolute atomic E-state index is 11.9. The quantitative estimate of drug-likeness (QED) is 0.353. The average Bonchev–Trinajstić information content (AvgIpc) is 3.20. The summed E-state index contributed by atoms with van der Waals surface area (Å²) in [6, 6.07) is 9.41. The summed E-state index contributed by atoms with van der Waals surface area (Å²) in [7, 11) is 0. The molecule has 0 unspecified atom stereocenters. The Morgan fingerprint density at radius 2 is 1.93 bits per heavy atom. The van der Waals surface area contributed by atoms with Crippen molar-refractivity contribution in [2.75, 3.05) is 13.4 Å². The summed E-state index contributed by atoms with van der Waals surface area (Å²) in [6.07, 6.45) is 1.21. The largest absolute Gasteiger partial charge is 0.493 e. The fourth-order valence-electron chi connectivity index (χ4n) is 2.59. The van der Waals surface area contributed by atoms with Crippen LogP contribution in [0, 0.1) is 0 Å². The Morgan fingerprint density at radius 3 is 2.70 bits per heavy atom. The number of nitrogens with zero attached hydrogens (tertiary/aromatic N) is 1. The summed E-state index contributed by atoms with van der Waals surface area (Å²) < 4.78 is 15.9. The van der Waals surface area contributed by atoms with Crippen LogP contribution in [0.1, 0.15) is 28.4 Å². The molecule has 30 heavy (non-hydrogen) atoms. The van der Waals surface area contributed by atoms with E-state index in [1.807, 2.05) is 0 Å². The number of aromatic carboxylic acids is 1. The summed E-state index contributed by atoms with van der Waals surface area (Å²) in [5.41, 5.74) is 3.21. The third kappa shape index (κ3) is 5.04. The number of hydrazone groups is 1. The maximum Gasteiger partial charge on any atom is 0.335 e. The number of hydrogen-bond donors (Lipinski definition) is 3. The van der Waals surface area contributed by atoms with Gasteiger partial charge in [0.15, 0.2) is 11.5 Å². The van der Waals surface area contributed by atoms with Crippen LogP contribution in [0.3, 0.4) is 0 Å². The van der Waals surface area contributed by atoms with E-state index in [-0.39, 0.29) is 18.9 Å². The smallest absolute Gasteiger partial charge is 0.335 e. The Labute approximate surface area is 171 Å². The van der Waals surface area contributed by atoms with Crippen molar-refractivity contribution in [2.24, 2.45) is 5.10 Å². The Morgan fingerprint density at radius 1 is 1.13 bits per heavy atom. The van der Waals surface area contributed by atoms with Crippen molar-refractivity contribution in [3.8, 4) is 17.2 Å². The van der Waals surface area contributed by atoms with Gasteiger partial charge >= 0.3 is 17.8 Å². The first kappa shape index (κ1) is 20.6. The number of amides is 2. The van der Waals surface area contributed by atoms with Crippen molar-refractivity contribution >= 4 is 24.0 Å². The number of benzene rings is 2. The average molecular weight is 413 g/mol. The lowest BCUT2D eigenvalue weighted by molar-refractivity contribution is -0.139. The van der Waals surface area contributed by atoms with Crippen molar-refractivity contribution in [1.29, 1.82) is 0 Å². The van der Waals surface area contributed by atoms with Crippen molar-refractivity contribution in [1.82, 2.24) is 10.7 Å². The lowest BCUT2D eigenvalue weighted by Crippen LogP contribution is -2.37. The number of rotatable bonds is 7. The topological polar surface area (TPSA) is 136 Å². The molecule has 156 valence electrons. The zero-order valence-electron chi connectivity index (χ0n) is 16.0. The van der Waals surface area contributed by atoms with E-state index in [0.717, 1.165) is 5.56 Å². The summed E-state index contributed by atoms with van der Waals surface area (Å²) >= 11 is 0. The minimum absolute atomic E-state index is 0.0349. The molecule has 0 radical (unpaired) electrons. The number of hydrogen-bond acceptors (Lipinski definition) is 7. The number of carboxylic acids is 1. The lowest BCUT2D eigenvalue weighted by Gasteiger charge is -2.08. The van der Waals surface area contributed by atoms with Crippen LogP contribution in [0.4, 0.5) is 0 Å². The zero-order chi connectivity index (χ0) is 21.5. The molecule has 0 fully saturated rings. The highest BCUT2D eigenvalue weighted by molar-refractivity contribution is 6.35. The molecular formula is C20H19N3O7. The highest BCUT2D eigenvalue weighted by atomic mass is 16.7. The van der Waals surface area contributed by atoms with Gasteiger partial charge in [0, 0.05) is 12.1 Å². The van der Waals surface area contributed by atoms with Crippen LogP contribution in [-0.4, -0.2) is 42.5 Å². The number of carboxylic acid groups (broad SMARTS) is 1. The van der Waals surface area contributed by atoms with Crippen LogP contribution in [0.5, 0.6) is 17.2 Å². The van der Waals surface area contributed by atoms with E-state index in [9.17, 15) is 14.4 Å². The third-order valence-corrected chi connectivity index (χ3v) is 4.02. The normalized spacial score (nSPS) is 11.9. The molecule has 3 N–H and O–H groups in total. The molecule has 0 aromatic heterocycles. The Bertz CT molecular complexity index is 1000. The van der Waals surface area contributed by atoms with E-state index in [0.29, 0.717) is 29.4 Å². The van der Waals surface area contributed by atoms with Gasteiger partial charge in [0.05, 0.1) is 18.4 Å². The van der Waals surface area contributed by atoms with Crippen LogP contribution in [0.15, 0.2) is 41.5 Å². The van der Waals surface area contributed by atoms with E-state index < -0.39 is 17.8 Å². The number of nitrogens with one attached hydrogen (secondary N) is 2. The Kier molecular flexibility index (Phi) is 6.48. The summed E-state index contributed by atoms with van der Waals surface area (Å²) in [6.45, 7) is 2.40. The predicted octanol–water partition coefficient (Wildman–Crippen LogP) is 1.28. The number of ether oxygens (including phenoxy) is 3. The highest BCUT2D eigenvalue weighted by Crippen LogP contribution is 2.32. The van der Waals surface area contributed by atoms with Crippen LogP contribution >= 0.6 is 0 Å². The van der Waals surface area contributed by atoms with E-state index in [2.05, 4.69) is 15.8 Å². The van der Waals surface area contributed by atoms with Gasteiger partial charge in [-0.1, -0.05) is 6.07 Å². The standard InChI is InChI=1S/C20H19N3O7/c1-2-28-15-6-4-13(20(26)27)8-14(15)10-22-23-19(25)18(24)21-9-12-3-5-16-17(7-12)30-11-29-16/h3-8,10H,2,9,11H2,1H3,(H,21,24)(H,23,25)(H,26,27)/b22-10-. The van der Waals surface area contributed by atoms with Crippen LogP contribution in [-0.2, 0) is 16.1 Å². The lowest BCUT2D eigenvalue weighted by atomic mass is 10.1. The molecule has 1 heterocycles. The van der Waals surface area contributed by atoms with E-state index in [1.54, 1.807) is 25.1 Å². The fraction of sp³-hybridized carbons (Fsp3) is 0.200. The van der Waals surface area contributed by atoms with Gasteiger partial charge in [0.2, 0.25) is 6.79 Å². The predicted molar refractivity (Wildman–Crippen MR) is 105 cm³/mol. The minimum Gasteiger partial charge on any atom is -0.493 e. The molecule has 0 saturated carbocycles. The van der Waals surface area contributed by atoms with Crippen LogP contribution < -0.4 is 25.0 Å². The molecule has 1 aliphatic rings. The minimum atomic E-state index is -1.11. The van der Waals surface area contributed by atoms with Gasteiger partial charge in [0.1, 0.15) is 5.75 Å². The molecule has 2 aromatic carbocycles. The number of carbonyl (C=O) groups is 3. The molecule has 10 nitrogen and oxygen atoms in total.